The Morgan fingerprint density at radius 2 is 1.94 bits per heavy atom. The Bertz CT molecular complexity index is 1280. The molecule has 3 aromatic rings. The van der Waals surface area contributed by atoms with Crippen LogP contribution in [0.5, 0.6) is 0 Å². The van der Waals surface area contributed by atoms with Gasteiger partial charge in [-0.15, -0.1) is 0 Å². The van der Waals surface area contributed by atoms with Crippen molar-refractivity contribution in [1.29, 1.82) is 0 Å². The van der Waals surface area contributed by atoms with E-state index in [1.54, 1.807) is 12.1 Å². The van der Waals surface area contributed by atoms with E-state index in [4.69, 9.17) is 9.26 Å². The fourth-order valence-corrected chi connectivity index (χ4v) is 5.20. The molecule has 4 heterocycles. The molecule has 9 nitrogen and oxygen atoms in total. The first-order valence-electron chi connectivity index (χ1n) is 12.0. The van der Waals surface area contributed by atoms with Gasteiger partial charge in [-0.3, -0.25) is 0 Å². The van der Waals surface area contributed by atoms with Gasteiger partial charge < -0.3 is 19.1 Å². The van der Waals surface area contributed by atoms with Gasteiger partial charge in [0.1, 0.15) is 5.82 Å². The maximum Gasteiger partial charge on any atom is 0.324 e. The van der Waals surface area contributed by atoms with Crippen molar-refractivity contribution in [3.63, 3.8) is 0 Å². The zero-order chi connectivity index (χ0) is 24.6. The number of hydrogen-bond acceptors (Lipinski definition) is 9. The summed E-state index contributed by atoms with van der Waals surface area (Å²) in [6.45, 7) is 7.06. The Morgan fingerprint density at radius 1 is 1.14 bits per heavy atom. The largest absolute Gasteiger partial charge is 0.373 e. The van der Waals surface area contributed by atoms with Crippen molar-refractivity contribution >= 4 is 27.4 Å². The highest BCUT2D eigenvalue weighted by Crippen LogP contribution is 2.35. The molecule has 1 fully saturated rings. The van der Waals surface area contributed by atoms with Gasteiger partial charge in [0, 0.05) is 43.7 Å². The molecule has 1 saturated heterocycles. The lowest BCUT2D eigenvalue weighted by atomic mass is 10.1. The fourth-order valence-electron chi connectivity index (χ4n) is 4.53. The molecule has 0 amide bonds. The molecule has 2 aliphatic rings. The van der Waals surface area contributed by atoms with Crippen LogP contribution in [0.15, 0.2) is 45.9 Å². The molecule has 35 heavy (non-hydrogen) atoms. The second-order valence-corrected chi connectivity index (χ2v) is 11.6. The molecule has 2 aliphatic heterocycles. The number of aromatic nitrogens is 3. The van der Waals surface area contributed by atoms with Gasteiger partial charge in [0.25, 0.3) is 0 Å². The molecule has 5 rings (SSSR count). The summed E-state index contributed by atoms with van der Waals surface area (Å²) in [6.07, 6.45) is 5.90. The maximum absolute atomic E-state index is 11.9. The van der Waals surface area contributed by atoms with Gasteiger partial charge >= 0.3 is 6.01 Å². The Balaban J connectivity index is 1.14. The predicted molar refractivity (Wildman–Crippen MR) is 133 cm³/mol. The average Bonchev–Trinajstić information content (AvgIpc) is 3.50. The zero-order valence-electron chi connectivity index (χ0n) is 20.3. The first-order chi connectivity index (χ1) is 16.8. The minimum Gasteiger partial charge on any atom is -0.373 e. The fraction of sp³-hybridized carbons (Fsp3) is 0.480. The second kappa shape index (κ2) is 9.58. The van der Waals surface area contributed by atoms with E-state index in [2.05, 4.69) is 38.8 Å². The molecule has 0 N–H and O–H groups in total. The number of pyridine rings is 1. The number of anilines is 3. The second-order valence-electron chi connectivity index (χ2n) is 9.58. The average molecular weight is 498 g/mol. The highest BCUT2D eigenvalue weighted by molar-refractivity contribution is 7.90. The van der Waals surface area contributed by atoms with E-state index in [-0.39, 0.29) is 12.0 Å². The number of fused-ring (bicyclic) bond motifs is 1. The number of benzene rings is 1. The van der Waals surface area contributed by atoms with Crippen molar-refractivity contribution < 1.29 is 17.7 Å². The predicted octanol–water partition coefficient (Wildman–Crippen LogP) is 3.87. The van der Waals surface area contributed by atoms with Gasteiger partial charge in [0.2, 0.25) is 0 Å². The molecule has 10 heteroatoms. The molecular formula is C25H31N5O4S. The number of piperidine rings is 1. The van der Waals surface area contributed by atoms with Crippen LogP contribution >= 0.6 is 0 Å². The Morgan fingerprint density at radius 3 is 2.60 bits per heavy atom. The van der Waals surface area contributed by atoms with Crippen LogP contribution in [0.25, 0.3) is 0 Å². The summed E-state index contributed by atoms with van der Waals surface area (Å²) in [5, 5.41) is 4.05. The van der Waals surface area contributed by atoms with E-state index < -0.39 is 9.84 Å². The van der Waals surface area contributed by atoms with Crippen LogP contribution in [0, 0.1) is 0 Å². The molecule has 0 saturated carbocycles. The lowest BCUT2D eigenvalue weighted by molar-refractivity contribution is 0.0244. The van der Waals surface area contributed by atoms with E-state index >= 15 is 0 Å². The maximum atomic E-state index is 11.9. The summed E-state index contributed by atoms with van der Waals surface area (Å²) >= 11 is 0. The molecular weight excluding hydrogens is 466 g/mol. The summed E-state index contributed by atoms with van der Waals surface area (Å²) in [4.78, 5) is 13.8. The summed E-state index contributed by atoms with van der Waals surface area (Å²) in [5.41, 5.74) is 3.08. The summed E-state index contributed by atoms with van der Waals surface area (Å²) in [5.74, 6) is 1.85. The number of hydrogen-bond donors (Lipinski definition) is 0. The monoisotopic (exact) mass is 497 g/mol. The Kier molecular flexibility index (Phi) is 6.50. The van der Waals surface area contributed by atoms with Gasteiger partial charge in [-0.1, -0.05) is 25.1 Å². The van der Waals surface area contributed by atoms with E-state index in [1.807, 2.05) is 24.4 Å². The van der Waals surface area contributed by atoms with Crippen LogP contribution in [0.1, 0.15) is 49.6 Å². The topological polar surface area (TPSA) is 102 Å². The third kappa shape index (κ3) is 5.18. The first kappa shape index (κ1) is 23.7. The lowest BCUT2D eigenvalue weighted by Crippen LogP contribution is -2.37. The van der Waals surface area contributed by atoms with Crippen molar-refractivity contribution in [3.05, 3.63) is 53.5 Å². The molecule has 0 radical (unpaired) electrons. The summed E-state index contributed by atoms with van der Waals surface area (Å²) < 4.78 is 35.3. The highest BCUT2D eigenvalue weighted by atomic mass is 32.2. The van der Waals surface area contributed by atoms with Crippen LogP contribution in [-0.4, -0.2) is 55.5 Å². The summed E-state index contributed by atoms with van der Waals surface area (Å²) in [7, 11) is -3.21. The van der Waals surface area contributed by atoms with Crippen LogP contribution in [0.4, 0.5) is 17.5 Å². The molecule has 0 atom stereocenters. The van der Waals surface area contributed by atoms with Gasteiger partial charge in [-0.2, -0.15) is 4.98 Å². The normalized spacial score (nSPS) is 16.8. The molecule has 0 aliphatic carbocycles. The van der Waals surface area contributed by atoms with Crippen LogP contribution < -0.4 is 9.80 Å². The van der Waals surface area contributed by atoms with Crippen molar-refractivity contribution in [3.8, 4) is 0 Å². The van der Waals surface area contributed by atoms with Crippen LogP contribution in [0.3, 0.4) is 0 Å². The van der Waals surface area contributed by atoms with Crippen LogP contribution in [0.2, 0.25) is 0 Å². The molecule has 186 valence electrons. The minimum absolute atomic E-state index is 0.188. The number of ether oxygens (including phenoxy) is 1. The first-order valence-corrected chi connectivity index (χ1v) is 13.9. The third-order valence-electron chi connectivity index (χ3n) is 6.61. The third-order valence-corrected chi connectivity index (χ3v) is 7.72. The number of sulfone groups is 1. The lowest BCUT2D eigenvalue weighted by Gasteiger charge is -2.30. The van der Waals surface area contributed by atoms with Gasteiger partial charge in [-0.05, 0) is 54.7 Å². The molecule has 0 bridgehead atoms. The standard InChI is InChI=1S/C25H31N5O4S/c1-17(2)24-27-25(34-28-24)29-11-9-20(10-12-29)33-16-18-4-7-23(26-15-18)30-13-8-19-14-21(35(3,31)32)5-6-22(19)30/h4-7,14-15,17,20H,8-13,16H2,1-3H3. The van der Waals surface area contributed by atoms with Gasteiger partial charge in [0.05, 0.1) is 17.6 Å². The Hall–Kier alpha value is -2.98. The van der Waals surface area contributed by atoms with Crippen molar-refractivity contribution in [1.82, 2.24) is 15.1 Å². The molecule has 0 unspecified atom stereocenters. The smallest absolute Gasteiger partial charge is 0.324 e. The quantitative estimate of drug-likeness (QED) is 0.481. The minimum atomic E-state index is -3.21. The van der Waals surface area contributed by atoms with Crippen molar-refractivity contribution in [2.45, 2.75) is 56.6 Å². The zero-order valence-corrected chi connectivity index (χ0v) is 21.2. The van der Waals surface area contributed by atoms with Gasteiger partial charge in [0.15, 0.2) is 15.7 Å². The molecule has 1 aromatic carbocycles. The van der Waals surface area contributed by atoms with Crippen LogP contribution in [-0.2, 0) is 27.6 Å². The van der Waals surface area contributed by atoms with Crippen molar-refractivity contribution in [2.75, 3.05) is 35.7 Å². The van der Waals surface area contributed by atoms with Crippen molar-refractivity contribution in [2.24, 2.45) is 0 Å². The highest BCUT2D eigenvalue weighted by Gasteiger charge is 2.25. The molecule has 0 spiro atoms. The Labute approximate surface area is 206 Å². The number of rotatable bonds is 7. The number of nitrogens with zero attached hydrogens (tertiary/aromatic N) is 5. The SMILES string of the molecule is CC(C)c1noc(N2CCC(OCc3ccc(N4CCc5cc(S(C)(=O)=O)ccc54)nc3)CC2)n1. The molecule has 2 aromatic heterocycles. The van der Waals surface area contributed by atoms with E-state index in [1.165, 1.54) is 6.26 Å². The summed E-state index contributed by atoms with van der Waals surface area (Å²) in [6, 6.07) is 9.97. The van der Waals surface area contributed by atoms with Gasteiger partial charge in [-0.25, -0.2) is 13.4 Å². The van der Waals surface area contributed by atoms with E-state index in [0.29, 0.717) is 17.5 Å². The van der Waals surface area contributed by atoms with E-state index in [0.717, 1.165) is 67.4 Å². The van der Waals surface area contributed by atoms with E-state index in [9.17, 15) is 8.42 Å².